The molecule has 2 aliphatic rings. The molecular formula is C17H26N2O3. The van der Waals surface area contributed by atoms with Gasteiger partial charge in [-0.25, -0.2) is 0 Å². The number of piperidine rings is 1. The van der Waals surface area contributed by atoms with Gasteiger partial charge < -0.3 is 19.0 Å². The zero-order chi connectivity index (χ0) is 15.7. The highest BCUT2D eigenvalue weighted by Gasteiger charge is 2.47. The van der Waals surface area contributed by atoms with Gasteiger partial charge in [0.1, 0.15) is 0 Å². The lowest BCUT2D eigenvalue weighted by Crippen LogP contribution is -2.47. The Kier molecular flexibility index (Phi) is 4.28. The van der Waals surface area contributed by atoms with E-state index in [1.165, 1.54) is 0 Å². The van der Waals surface area contributed by atoms with Crippen molar-refractivity contribution in [2.75, 3.05) is 46.9 Å². The molecule has 0 bridgehead atoms. The van der Waals surface area contributed by atoms with E-state index in [0.717, 1.165) is 51.2 Å². The predicted molar refractivity (Wildman–Crippen MR) is 83.9 cm³/mol. The van der Waals surface area contributed by atoms with Crippen molar-refractivity contribution < 1.29 is 13.9 Å². The molecule has 0 N–H and O–H groups in total. The van der Waals surface area contributed by atoms with Crippen molar-refractivity contribution in [2.24, 2.45) is 11.3 Å². The minimum absolute atomic E-state index is 0.0343. The predicted octanol–water partition coefficient (Wildman–Crippen LogP) is 2.02. The Labute approximate surface area is 132 Å². The molecule has 0 unspecified atom stereocenters. The molecule has 0 aliphatic carbocycles. The lowest BCUT2D eigenvalue weighted by atomic mass is 9.71. The Morgan fingerprint density at radius 3 is 2.77 bits per heavy atom. The summed E-state index contributed by atoms with van der Waals surface area (Å²) in [6, 6.07) is 1.85. The van der Waals surface area contributed by atoms with E-state index in [9.17, 15) is 4.79 Å². The van der Waals surface area contributed by atoms with Crippen LogP contribution in [-0.2, 0) is 4.74 Å². The summed E-state index contributed by atoms with van der Waals surface area (Å²) in [5.41, 5.74) is 1.22. The van der Waals surface area contributed by atoms with E-state index in [1.807, 2.05) is 17.9 Å². The number of rotatable bonds is 3. The van der Waals surface area contributed by atoms with Crippen molar-refractivity contribution in [3.63, 3.8) is 0 Å². The van der Waals surface area contributed by atoms with Crippen LogP contribution in [0.15, 0.2) is 16.7 Å². The van der Waals surface area contributed by atoms with Crippen LogP contribution in [0.4, 0.5) is 0 Å². The number of amides is 1. The van der Waals surface area contributed by atoms with E-state index >= 15 is 0 Å². The third-order valence-corrected chi connectivity index (χ3v) is 5.45. The van der Waals surface area contributed by atoms with Gasteiger partial charge in [-0.3, -0.25) is 4.79 Å². The van der Waals surface area contributed by atoms with Crippen molar-refractivity contribution in [1.29, 1.82) is 0 Å². The van der Waals surface area contributed by atoms with Gasteiger partial charge in [-0.05, 0) is 38.3 Å². The van der Waals surface area contributed by atoms with E-state index in [-0.39, 0.29) is 5.91 Å². The average molecular weight is 306 g/mol. The Morgan fingerprint density at radius 2 is 2.18 bits per heavy atom. The highest BCUT2D eigenvalue weighted by atomic mass is 16.5. The average Bonchev–Trinajstić information content (AvgIpc) is 3.04. The molecule has 0 radical (unpaired) electrons. The molecule has 2 aliphatic heterocycles. The topological polar surface area (TPSA) is 45.9 Å². The maximum atomic E-state index is 12.6. The second-order valence-corrected chi connectivity index (χ2v) is 6.94. The fourth-order valence-corrected chi connectivity index (χ4v) is 4.19. The van der Waals surface area contributed by atoms with Crippen molar-refractivity contribution in [3.8, 4) is 0 Å². The molecule has 5 nitrogen and oxygen atoms in total. The number of ether oxygens (including phenoxy) is 1. The van der Waals surface area contributed by atoms with E-state index in [1.54, 1.807) is 13.4 Å². The van der Waals surface area contributed by atoms with Gasteiger partial charge in [0.05, 0.1) is 12.9 Å². The standard InChI is InChI=1S/C17H26N2O3/c1-13-4-9-22-15(13)16(20)19-7-5-17(6-8-19)12-18(2)10-14(17)11-21-3/h4,9,14H,5-8,10-12H2,1-3H3/t14-/m0/s1. The molecule has 1 aromatic rings. The maximum Gasteiger partial charge on any atom is 0.289 e. The molecule has 122 valence electrons. The fraction of sp³-hybridized carbons (Fsp3) is 0.706. The molecule has 22 heavy (non-hydrogen) atoms. The summed E-state index contributed by atoms with van der Waals surface area (Å²) >= 11 is 0. The van der Waals surface area contributed by atoms with Gasteiger partial charge >= 0.3 is 0 Å². The molecule has 3 rings (SSSR count). The van der Waals surface area contributed by atoms with Gasteiger partial charge in [-0.2, -0.15) is 0 Å². The van der Waals surface area contributed by atoms with Crippen LogP contribution in [-0.4, -0.2) is 62.7 Å². The number of hydrogen-bond acceptors (Lipinski definition) is 4. The summed E-state index contributed by atoms with van der Waals surface area (Å²) < 4.78 is 10.8. The van der Waals surface area contributed by atoms with E-state index in [0.29, 0.717) is 17.1 Å². The summed E-state index contributed by atoms with van der Waals surface area (Å²) in [5, 5.41) is 0. The number of carbonyl (C=O) groups excluding carboxylic acids is 1. The van der Waals surface area contributed by atoms with Crippen molar-refractivity contribution >= 4 is 5.91 Å². The Bertz CT molecular complexity index is 532. The number of carbonyl (C=O) groups is 1. The molecule has 3 heterocycles. The summed E-state index contributed by atoms with van der Waals surface area (Å²) in [4.78, 5) is 16.9. The van der Waals surface area contributed by atoms with Crippen LogP contribution < -0.4 is 0 Å². The maximum absolute atomic E-state index is 12.6. The Balaban J connectivity index is 1.67. The third-order valence-electron chi connectivity index (χ3n) is 5.45. The van der Waals surface area contributed by atoms with Crippen LogP contribution in [0.25, 0.3) is 0 Å². The van der Waals surface area contributed by atoms with Gasteiger partial charge in [-0.1, -0.05) is 0 Å². The molecule has 1 spiro atoms. The number of likely N-dealkylation sites (tertiary alicyclic amines) is 2. The minimum Gasteiger partial charge on any atom is -0.459 e. The molecule has 0 aromatic carbocycles. The first kappa shape index (κ1) is 15.6. The van der Waals surface area contributed by atoms with Crippen molar-refractivity contribution in [2.45, 2.75) is 19.8 Å². The Hall–Kier alpha value is -1.33. The number of furan rings is 1. The molecular weight excluding hydrogens is 280 g/mol. The molecule has 2 fully saturated rings. The smallest absolute Gasteiger partial charge is 0.289 e. The van der Waals surface area contributed by atoms with Crippen LogP contribution in [0, 0.1) is 18.3 Å². The first-order valence-electron chi connectivity index (χ1n) is 8.06. The monoisotopic (exact) mass is 306 g/mol. The lowest BCUT2D eigenvalue weighted by Gasteiger charge is -2.42. The largest absolute Gasteiger partial charge is 0.459 e. The number of hydrogen-bond donors (Lipinski definition) is 0. The number of aryl methyl sites for hydroxylation is 1. The van der Waals surface area contributed by atoms with Gasteiger partial charge in [0.2, 0.25) is 0 Å². The summed E-state index contributed by atoms with van der Waals surface area (Å²) in [6.45, 7) is 6.57. The van der Waals surface area contributed by atoms with Crippen molar-refractivity contribution in [1.82, 2.24) is 9.80 Å². The van der Waals surface area contributed by atoms with Gasteiger partial charge in [0.25, 0.3) is 5.91 Å². The molecule has 2 saturated heterocycles. The highest BCUT2D eigenvalue weighted by Crippen LogP contribution is 2.44. The summed E-state index contributed by atoms with van der Waals surface area (Å²) in [5.74, 6) is 1.10. The fourth-order valence-electron chi connectivity index (χ4n) is 4.19. The van der Waals surface area contributed by atoms with Crippen LogP contribution >= 0.6 is 0 Å². The molecule has 1 aromatic heterocycles. The molecule has 1 atom stereocenters. The van der Waals surface area contributed by atoms with Gasteiger partial charge in [0, 0.05) is 44.8 Å². The lowest BCUT2D eigenvalue weighted by molar-refractivity contribution is 0.0308. The van der Waals surface area contributed by atoms with E-state index < -0.39 is 0 Å². The number of methoxy groups -OCH3 is 1. The van der Waals surface area contributed by atoms with Crippen LogP contribution in [0.5, 0.6) is 0 Å². The molecule has 1 amide bonds. The molecule has 5 heteroatoms. The van der Waals surface area contributed by atoms with Gasteiger partial charge in [0.15, 0.2) is 5.76 Å². The summed E-state index contributed by atoms with van der Waals surface area (Å²) in [6.07, 6.45) is 3.70. The van der Waals surface area contributed by atoms with Crippen LogP contribution in [0.2, 0.25) is 0 Å². The summed E-state index contributed by atoms with van der Waals surface area (Å²) in [7, 11) is 3.96. The second kappa shape index (κ2) is 6.05. The van der Waals surface area contributed by atoms with E-state index in [2.05, 4.69) is 11.9 Å². The third kappa shape index (κ3) is 2.68. The van der Waals surface area contributed by atoms with Crippen LogP contribution in [0.3, 0.4) is 0 Å². The second-order valence-electron chi connectivity index (χ2n) is 6.94. The van der Waals surface area contributed by atoms with Crippen molar-refractivity contribution in [3.05, 3.63) is 23.7 Å². The minimum atomic E-state index is 0.0343. The SMILES string of the molecule is COC[C@@H]1CN(C)CC12CCN(C(=O)c1occc1C)CC2. The first-order chi connectivity index (χ1) is 10.6. The van der Waals surface area contributed by atoms with Crippen LogP contribution in [0.1, 0.15) is 29.0 Å². The van der Waals surface area contributed by atoms with Gasteiger partial charge in [-0.15, -0.1) is 0 Å². The molecule has 0 saturated carbocycles. The first-order valence-corrected chi connectivity index (χ1v) is 8.06. The normalized spacial score (nSPS) is 25.0. The highest BCUT2D eigenvalue weighted by molar-refractivity contribution is 5.92. The quantitative estimate of drug-likeness (QED) is 0.857. The van der Waals surface area contributed by atoms with E-state index in [4.69, 9.17) is 9.15 Å². The zero-order valence-electron chi connectivity index (χ0n) is 13.8. The number of nitrogens with zero attached hydrogens (tertiary/aromatic N) is 2. The Morgan fingerprint density at radius 1 is 1.45 bits per heavy atom. The zero-order valence-corrected chi connectivity index (χ0v) is 13.8.